The molecule has 0 bridgehead atoms. The van der Waals surface area contributed by atoms with Gasteiger partial charge >= 0.3 is 0 Å². The summed E-state index contributed by atoms with van der Waals surface area (Å²) in [6.07, 6.45) is 0.881. The van der Waals surface area contributed by atoms with Crippen molar-refractivity contribution in [1.29, 1.82) is 0 Å². The van der Waals surface area contributed by atoms with Crippen molar-refractivity contribution in [3.63, 3.8) is 0 Å². The molecule has 1 fully saturated rings. The van der Waals surface area contributed by atoms with Gasteiger partial charge in [0, 0.05) is 44.0 Å². The van der Waals surface area contributed by atoms with Crippen LogP contribution in [0.25, 0.3) is 11.1 Å². The number of nitrogens with zero attached hydrogens (tertiary/aromatic N) is 2. The van der Waals surface area contributed by atoms with Gasteiger partial charge in [-0.25, -0.2) is 0 Å². The third kappa shape index (κ3) is 4.07. The summed E-state index contributed by atoms with van der Waals surface area (Å²) in [6.45, 7) is 4.81. The van der Waals surface area contributed by atoms with E-state index < -0.39 is 0 Å². The number of piperazine rings is 1. The maximum Gasteiger partial charge on any atom is 0.150 e. The SMILES string of the molecule is O=Cc1ccc(N2CCN(Cc3ccccc3-c3cccc(O)c3)CC2)cc1. The predicted octanol–water partition coefficient (Wildman–Crippen LogP) is 4.19. The first-order valence-electron chi connectivity index (χ1n) is 9.63. The molecule has 0 unspecified atom stereocenters. The van der Waals surface area contributed by atoms with Crippen LogP contribution in [-0.2, 0) is 6.54 Å². The molecule has 0 radical (unpaired) electrons. The minimum atomic E-state index is 0.293. The van der Waals surface area contributed by atoms with Crippen molar-refractivity contribution >= 4 is 12.0 Å². The first kappa shape index (κ1) is 18.3. The Morgan fingerprint density at radius 2 is 1.61 bits per heavy atom. The molecule has 0 saturated carbocycles. The van der Waals surface area contributed by atoms with E-state index in [4.69, 9.17) is 0 Å². The average Bonchev–Trinajstić information content (AvgIpc) is 2.75. The molecule has 142 valence electrons. The zero-order valence-electron chi connectivity index (χ0n) is 15.8. The number of benzene rings is 3. The highest BCUT2D eigenvalue weighted by Gasteiger charge is 2.18. The van der Waals surface area contributed by atoms with Gasteiger partial charge in [-0.1, -0.05) is 36.4 Å². The van der Waals surface area contributed by atoms with Crippen molar-refractivity contribution in [3.05, 3.63) is 83.9 Å². The van der Waals surface area contributed by atoms with Gasteiger partial charge in [0.05, 0.1) is 0 Å². The van der Waals surface area contributed by atoms with E-state index in [1.165, 1.54) is 16.8 Å². The number of hydrogen-bond donors (Lipinski definition) is 1. The third-order valence-electron chi connectivity index (χ3n) is 5.34. The highest BCUT2D eigenvalue weighted by atomic mass is 16.3. The Balaban J connectivity index is 1.43. The van der Waals surface area contributed by atoms with Crippen LogP contribution < -0.4 is 4.90 Å². The fourth-order valence-corrected chi connectivity index (χ4v) is 3.78. The normalized spacial score (nSPS) is 14.8. The molecule has 4 heteroatoms. The van der Waals surface area contributed by atoms with Crippen LogP contribution in [0.3, 0.4) is 0 Å². The van der Waals surface area contributed by atoms with Crippen molar-refractivity contribution < 1.29 is 9.90 Å². The van der Waals surface area contributed by atoms with Crippen LogP contribution >= 0.6 is 0 Å². The number of carbonyl (C=O) groups excluding carboxylic acids is 1. The number of phenolic OH excluding ortho intramolecular Hbond substituents is 1. The molecule has 1 heterocycles. The Bertz CT molecular complexity index is 945. The Morgan fingerprint density at radius 3 is 2.32 bits per heavy atom. The van der Waals surface area contributed by atoms with Crippen molar-refractivity contribution in [1.82, 2.24) is 4.90 Å². The molecule has 0 atom stereocenters. The van der Waals surface area contributed by atoms with Crippen molar-refractivity contribution in [3.8, 4) is 16.9 Å². The Kier molecular flexibility index (Phi) is 5.40. The summed E-state index contributed by atoms with van der Waals surface area (Å²) in [7, 11) is 0. The zero-order valence-corrected chi connectivity index (χ0v) is 15.8. The molecule has 1 aliphatic heterocycles. The number of anilines is 1. The minimum Gasteiger partial charge on any atom is -0.508 e. The van der Waals surface area contributed by atoms with Gasteiger partial charge in [-0.15, -0.1) is 0 Å². The van der Waals surface area contributed by atoms with Crippen LogP contribution in [0.2, 0.25) is 0 Å². The molecule has 28 heavy (non-hydrogen) atoms. The predicted molar refractivity (Wildman–Crippen MR) is 113 cm³/mol. The van der Waals surface area contributed by atoms with Gasteiger partial charge in [-0.2, -0.15) is 0 Å². The number of aldehydes is 1. The number of phenols is 1. The van der Waals surface area contributed by atoms with Gasteiger partial charge < -0.3 is 10.0 Å². The topological polar surface area (TPSA) is 43.8 Å². The lowest BCUT2D eigenvalue weighted by atomic mass is 9.99. The van der Waals surface area contributed by atoms with E-state index in [0.29, 0.717) is 11.3 Å². The molecule has 0 amide bonds. The molecule has 1 saturated heterocycles. The van der Waals surface area contributed by atoms with Crippen LogP contribution in [0, 0.1) is 0 Å². The molecule has 1 aliphatic rings. The lowest BCUT2D eigenvalue weighted by Crippen LogP contribution is -2.46. The maximum atomic E-state index is 10.8. The molecule has 0 spiro atoms. The quantitative estimate of drug-likeness (QED) is 0.682. The molecule has 1 N–H and O–H groups in total. The van der Waals surface area contributed by atoms with Gasteiger partial charge in [-0.05, 0) is 53.1 Å². The summed E-state index contributed by atoms with van der Waals surface area (Å²) >= 11 is 0. The van der Waals surface area contributed by atoms with E-state index in [9.17, 15) is 9.90 Å². The molecule has 4 rings (SSSR count). The van der Waals surface area contributed by atoms with Crippen molar-refractivity contribution in [2.24, 2.45) is 0 Å². The van der Waals surface area contributed by atoms with Gasteiger partial charge in [0.25, 0.3) is 0 Å². The molecule has 4 nitrogen and oxygen atoms in total. The standard InChI is InChI=1S/C24H24N2O2/c27-18-19-8-10-22(11-9-19)26-14-12-25(13-15-26)17-21-4-1-2-7-24(21)20-5-3-6-23(28)16-20/h1-11,16,18,28H,12-15,17H2. The van der Waals surface area contributed by atoms with Gasteiger partial charge in [0.2, 0.25) is 0 Å². The molecule has 3 aromatic rings. The van der Waals surface area contributed by atoms with Crippen LogP contribution in [0.15, 0.2) is 72.8 Å². The average molecular weight is 372 g/mol. The van der Waals surface area contributed by atoms with Crippen molar-refractivity contribution in [2.45, 2.75) is 6.54 Å². The van der Waals surface area contributed by atoms with Crippen LogP contribution in [0.5, 0.6) is 5.75 Å². The number of carbonyl (C=O) groups is 1. The summed E-state index contributed by atoms with van der Waals surface area (Å²) in [4.78, 5) is 15.7. The lowest BCUT2D eigenvalue weighted by molar-refractivity contribution is 0.112. The summed E-state index contributed by atoms with van der Waals surface area (Å²) in [5, 5.41) is 9.82. The smallest absolute Gasteiger partial charge is 0.150 e. The van der Waals surface area contributed by atoms with E-state index in [-0.39, 0.29) is 0 Å². The number of rotatable bonds is 5. The minimum absolute atomic E-state index is 0.293. The second-order valence-corrected chi connectivity index (χ2v) is 7.18. The van der Waals surface area contributed by atoms with Crippen LogP contribution in [-0.4, -0.2) is 42.5 Å². The molecule has 0 aromatic heterocycles. The third-order valence-corrected chi connectivity index (χ3v) is 5.34. The van der Waals surface area contributed by atoms with E-state index in [1.54, 1.807) is 6.07 Å². The maximum absolute atomic E-state index is 10.8. The fraction of sp³-hybridized carbons (Fsp3) is 0.208. The van der Waals surface area contributed by atoms with Crippen molar-refractivity contribution in [2.75, 3.05) is 31.1 Å². The van der Waals surface area contributed by atoms with E-state index in [2.05, 4.69) is 28.0 Å². The Morgan fingerprint density at radius 1 is 0.857 bits per heavy atom. The zero-order chi connectivity index (χ0) is 19.3. The number of aromatic hydroxyl groups is 1. The molecule has 3 aromatic carbocycles. The second-order valence-electron chi connectivity index (χ2n) is 7.18. The molecule has 0 aliphatic carbocycles. The Hall–Kier alpha value is -3.11. The summed E-state index contributed by atoms with van der Waals surface area (Å²) < 4.78 is 0. The second kappa shape index (κ2) is 8.28. The largest absolute Gasteiger partial charge is 0.508 e. The van der Waals surface area contributed by atoms with Gasteiger partial charge in [0.1, 0.15) is 12.0 Å². The summed E-state index contributed by atoms with van der Waals surface area (Å²) in [5.41, 5.74) is 5.38. The van der Waals surface area contributed by atoms with E-state index in [1.807, 2.05) is 48.5 Å². The Labute approximate surface area is 165 Å². The highest BCUT2D eigenvalue weighted by molar-refractivity contribution is 5.75. The molecular formula is C24H24N2O2. The van der Waals surface area contributed by atoms with Crippen LogP contribution in [0.1, 0.15) is 15.9 Å². The fourth-order valence-electron chi connectivity index (χ4n) is 3.78. The number of hydrogen-bond acceptors (Lipinski definition) is 4. The molecular weight excluding hydrogens is 348 g/mol. The first-order valence-corrected chi connectivity index (χ1v) is 9.63. The summed E-state index contributed by atoms with van der Waals surface area (Å²) in [6, 6.07) is 23.7. The van der Waals surface area contributed by atoms with E-state index >= 15 is 0 Å². The van der Waals surface area contributed by atoms with E-state index in [0.717, 1.165) is 44.6 Å². The first-order chi connectivity index (χ1) is 13.7. The lowest BCUT2D eigenvalue weighted by Gasteiger charge is -2.36. The van der Waals surface area contributed by atoms with Gasteiger partial charge in [0.15, 0.2) is 0 Å². The monoisotopic (exact) mass is 372 g/mol. The van der Waals surface area contributed by atoms with Crippen LogP contribution in [0.4, 0.5) is 5.69 Å². The van der Waals surface area contributed by atoms with Gasteiger partial charge in [-0.3, -0.25) is 9.69 Å². The summed E-state index contributed by atoms with van der Waals surface area (Å²) in [5.74, 6) is 0.293. The highest BCUT2D eigenvalue weighted by Crippen LogP contribution is 2.28.